The standard InChI is InChI=1S/C17H18FN3O2/c1-21(2)16(22)11-14(12-6-4-3-5-7-12)20-17(23)13-8-9-19-15(18)10-13/h3-10,14H,11H2,1-2H3,(H,20,23)/t14-/m1/s1. The molecule has 0 fully saturated rings. The van der Waals surface area contributed by atoms with Crippen LogP contribution in [0.3, 0.4) is 0 Å². The van der Waals surface area contributed by atoms with E-state index < -0.39 is 17.9 Å². The maximum Gasteiger partial charge on any atom is 0.251 e. The van der Waals surface area contributed by atoms with Crippen molar-refractivity contribution in [2.45, 2.75) is 12.5 Å². The number of benzene rings is 1. The monoisotopic (exact) mass is 315 g/mol. The van der Waals surface area contributed by atoms with Gasteiger partial charge >= 0.3 is 0 Å². The average molecular weight is 315 g/mol. The van der Waals surface area contributed by atoms with Crippen molar-refractivity contribution in [3.05, 3.63) is 65.7 Å². The van der Waals surface area contributed by atoms with Crippen LogP contribution in [0.15, 0.2) is 48.7 Å². The third kappa shape index (κ3) is 4.60. The molecule has 1 heterocycles. The van der Waals surface area contributed by atoms with E-state index in [9.17, 15) is 14.0 Å². The second-order valence-electron chi connectivity index (χ2n) is 5.30. The molecule has 2 amide bonds. The highest BCUT2D eigenvalue weighted by Crippen LogP contribution is 2.18. The minimum absolute atomic E-state index is 0.111. The predicted octanol–water partition coefficient (Wildman–Crippen LogP) is 2.17. The first kappa shape index (κ1) is 16.6. The van der Waals surface area contributed by atoms with Crippen molar-refractivity contribution in [3.63, 3.8) is 0 Å². The van der Waals surface area contributed by atoms with Crippen molar-refractivity contribution in [2.75, 3.05) is 14.1 Å². The number of nitrogens with zero attached hydrogens (tertiary/aromatic N) is 2. The van der Waals surface area contributed by atoms with Gasteiger partial charge in [0.15, 0.2) is 0 Å². The lowest BCUT2D eigenvalue weighted by molar-refractivity contribution is -0.129. The molecule has 6 heteroatoms. The molecule has 0 unspecified atom stereocenters. The second-order valence-corrected chi connectivity index (χ2v) is 5.30. The van der Waals surface area contributed by atoms with Crippen molar-refractivity contribution >= 4 is 11.8 Å². The molecule has 1 aromatic carbocycles. The van der Waals surface area contributed by atoms with Crippen LogP contribution in [0.5, 0.6) is 0 Å². The number of amides is 2. The first-order valence-corrected chi connectivity index (χ1v) is 7.15. The van der Waals surface area contributed by atoms with E-state index in [0.29, 0.717) is 0 Å². The van der Waals surface area contributed by atoms with E-state index >= 15 is 0 Å². The van der Waals surface area contributed by atoms with E-state index in [2.05, 4.69) is 10.3 Å². The Balaban J connectivity index is 2.20. The lowest BCUT2D eigenvalue weighted by atomic mass is 10.0. The summed E-state index contributed by atoms with van der Waals surface area (Å²) in [5, 5.41) is 2.78. The zero-order chi connectivity index (χ0) is 16.8. The van der Waals surface area contributed by atoms with Crippen molar-refractivity contribution in [1.82, 2.24) is 15.2 Å². The second kappa shape index (κ2) is 7.49. The van der Waals surface area contributed by atoms with Gasteiger partial charge in [0.1, 0.15) is 0 Å². The number of hydrogen-bond acceptors (Lipinski definition) is 3. The van der Waals surface area contributed by atoms with Crippen molar-refractivity contribution in [3.8, 4) is 0 Å². The van der Waals surface area contributed by atoms with E-state index in [4.69, 9.17) is 0 Å². The van der Waals surface area contributed by atoms with Gasteiger partial charge in [0.05, 0.1) is 12.5 Å². The minimum Gasteiger partial charge on any atom is -0.349 e. The number of rotatable bonds is 5. The molecule has 0 saturated heterocycles. The molecule has 1 aromatic heterocycles. The topological polar surface area (TPSA) is 62.3 Å². The Labute approximate surface area is 134 Å². The summed E-state index contributed by atoms with van der Waals surface area (Å²) in [6, 6.07) is 11.2. The van der Waals surface area contributed by atoms with Gasteiger partial charge in [-0.2, -0.15) is 4.39 Å². The lowest BCUT2D eigenvalue weighted by Gasteiger charge is -2.21. The van der Waals surface area contributed by atoms with Crippen LogP contribution in [0.4, 0.5) is 4.39 Å². The Morgan fingerprint density at radius 1 is 1.22 bits per heavy atom. The third-order valence-electron chi connectivity index (χ3n) is 3.37. The Kier molecular flexibility index (Phi) is 5.41. The van der Waals surface area contributed by atoms with Gasteiger partial charge in [-0.1, -0.05) is 30.3 Å². The summed E-state index contributed by atoms with van der Waals surface area (Å²) in [7, 11) is 3.31. The molecule has 1 atom stereocenters. The summed E-state index contributed by atoms with van der Waals surface area (Å²) in [5.41, 5.74) is 0.973. The molecule has 5 nitrogen and oxygen atoms in total. The van der Waals surface area contributed by atoms with Crippen LogP contribution < -0.4 is 5.32 Å². The molecule has 0 saturated carbocycles. The fraction of sp³-hybridized carbons (Fsp3) is 0.235. The van der Waals surface area contributed by atoms with E-state index in [0.717, 1.165) is 11.6 Å². The average Bonchev–Trinajstić information content (AvgIpc) is 2.54. The number of carbonyl (C=O) groups excluding carboxylic acids is 2. The van der Waals surface area contributed by atoms with Crippen LogP contribution in [0.25, 0.3) is 0 Å². The van der Waals surface area contributed by atoms with Gasteiger partial charge < -0.3 is 10.2 Å². The Morgan fingerprint density at radius 2 is 1.91 bits per heavy atom. The van der Waals surface area contributed by atoms with Gasteiger partial charge in [-0.3, -0.25) is 9.59 Å². The van der Waals surface area contributed by atoms with Crippen LogP contribution in [-0.4, -0.2) is 35.8 Å². The number of aromatic nitrogens is 1. The number of halogens is 1. The third-order valence-corrected chi connectivity index (χ3v) is 3.37. The largest absolute Gasteiger partial charge is 0.349 e. The van der Waals surface area contributed by atoms with Crippen LogP contribution >= 0.6 is 0 Å². The first-order valence-electron chi connectivity index (χ1n) is 7.15. The Morgan fingerprint density at radius 3 is 2.52 bits per heavy atom. The van der Waals surface area contributed by atoms with Crippen LogP contribution in [-0.2, 0) is 4.79 Å². The summed E-state index contributed by atoms with van der Waals surface area (Å²) < 4.78 is 13.2. The highest BCUT2D eigenvalue weighted by Gasteiger charge is 2.20. The molecule has 0 spiro atoms. The van der Waals surface area contributed by atoms with Gasteiger partial charge in [-0.05, 0) is 11.6 Å². The molecule has 0 aliphatic carbocycles. The van der Waals surface area contributed by atoms with Gasteiger partial charge in [-0.15, -0.1) is 0 Å². The highest BCUT2D eigenvalue weighted by molar-refractivity contribution is 5.94. The van der Waals surface area contributed by atoms with Crippen molar-refractivity contribution < 1.29 is 14.0 Å². The highest BCUT2D eigenvalue weighted by atomic mass is 19.1. The van der Waals surface area contributed by atoms with E-state index in [1.165, 1.54) is 17.2 Å². The number of pyridine rings is 1. The molecule has 120 valence electrons. The summed E-state index contributed by atoms with van der Waals surface area (Å²) in [4.78, 5) is 29.2. The number of carbonyl (C=O) groups is 2. The quantitative estimate of drug-likeness (QED) is 0.860. The van der Waals surface area contributed by atoms with Gasteiger partial charge in [0.25, 0.3) is 5.91 Å². The molecule has 0 bridgehead atoms. The lowest BCUT2D eigenvalue weighted by Crippen LogP contribution is -2.33. The summed E-state index contributed by atoms with van der Waals surface area (Å²) in [6.07, 6.45) is 1.35. The van der Waals surface area contributed by atoms with E-state index in [1.54, 1.807) is 14.1 Å². The summed E-state index contributed by atoms with van der Waals surface area (Å²) >= 11 is 0. The van der Waals surface area contributed by atoms with Crippen LogP contribution in [0.1, 0.15) is 28.4 Å². The fourth-order valence-corrected chi connectivity index (χ4v) is 2.08. The van der Waals surface area contributed by atoms with Crippen molar-refractivity contribution in [2.24, 2.45) is 0 Å². The Bertz CT molecular complexity index is 689. The number of hydrogen-bond donors (Lipinski definition) is 1. The van der Waals surface area contributed by atoms with Gasteiger partial charge in [-0.25, -0.2) is 4.98 Å². The first-order chi connectivity index (χ1) is 11.0. The summed E-state index contributed by atoms with van der Waals surface area (Å²) in [5.74, 6) is -1.29. The molecule has 0 radical (unpaired) electrons. The van der Waals surface area contributed by atoms with Crippen LogP contribution in [0.2, 0.25) is 0 Å². The summed E-state index contributed by atoms with van der Waals surface area (Å²) in [6.45, 7) is 0. The van der Waals surface area contributed by atoms with Gasteiger partial charge in [0.2, 0.25) is 11.9 Å². The van der Waals surface area contributed by atoms with E-state index in [-0.39, 0.29) is 17.9 Å². The Hall–Kier alpha value is -2.76. The maximum atomic E-state index is 13.2. The molecule has 0 aliphatic rings. The zero-order valence-corrected chi connectivity index (χ0v) is 13.0. The fourth-order valence-electron chi connectivity index (χ4n) is 2.08. The molecule has 2 aromatic rings. The number of nitrogens with one attached hydrogen (secondary N) is 1. The smallest absolute Gasteiger partial charge is 0.251 e. The SMILES string of the molecule is CN(C)C(=O)C[C@@H](NC(=O)c1ccnc(F)c1)c1ccccc1. The normalized spacial score (nSPS) is 11.6. The molecule has 1 N–H and O–H groups in total. The maximum absolute atomic E-state index is 13.2. The van der Waals surface area contributed by atoms with Gasteiger partial charge in [0, 0.05) is 31.9 Å². The molecule has 23 heavy (non-hydrogen) atoms. The van der Waals surface area contributed by atoms with Crippen molar-refractivity contribution in [1.29, 1.82) is 0 Å². The predicted molar refractivity (Wildman–Crippen MR) is 84.2 cm³/mol. The minimum atomic E-state index is -0.724. The molecular weight excluding hydrogens is 297 g/mol. The molecular formula is C17H18FN3O2. The van der Waals surface area contributed by atoms with E-state index in [1.807, 2.05) is 30.3 Å². The van der Waals surface area contributed by atoms with Crippen LogP contribution in [0, 0.1) is 5.95 Å². The molecule has 0 aliphatic heterocycles. The molecule has 2 rings (SSSR count). The zero-order valence-electron chi connectivity index (χ0n) is 13.0.